The Morgan fingerprint density at radius 1 is 1.08 bits per heavy atom. The van der Waals surface area contributed by atoms with Gasteiger partial charge in [0.2, 0.25) is 0 Å². The second-order valence-corrected chi connectivity index (χ2v) is 10.9. The second-order valence-electron chi connectivity index (χ2n) is 10.9. The van der Waals surface area contributed by atoms with Crippen LogP contribution in [0.25, 0.3) is 0 Å². The molecular weight excluding hydrogens is 501 g/mol. The number of hydrogen-bond donors (Lipinski definition) is 2. The minimum Gasteiger partial charge on any atom is -0.390 e. The Bertz CT molecular complexity index is 1130. The lowest BCUT2D eigenvalue weighted by Crippen LogP contribution is -2.35. The average Bonchev–Trinajstić information content (AvgIpc) is 3.21. The Morgan fingerprint density at radius 3 is 2.34 bits per heavy atom. The third-order valence-electron chi connectivity index (χ3n) is 7.91. The van der Waals surface area contributed by atoms with E-state index in [0.717, 1.165) is 35.7 Å². The van der Waals surface area contributed by atoms with E-state index in [1.807, 2.05) is 13.8 Å². The van der Waals surface area contributed by atoms with Gasteiger partial charge in [-0.15, -0.1) is 0 Å². The van der Waals surface area contributed by atoms with Crippen LogP contribution in [0.5, 0.6) is 0 Å². The summed E-state index contributed by atoms with van der Waals surface area (Å²) in [5.74, 6) is 0.216. The summed E-state index contributed by atoms with van der Waals surface area (Å²) in [4.78, 5) is 8.66. The number of aromatic nitrogens is 2. The van der Waals surface area contributed by atoms with Gasteiger partial charge in [0.05, 0.1) is 29.7 Å². The molecule has 38 heavy (non-hydrogen) atoms. The predicted octanol–water partition coefficient (Wildman–Crippen LogP) is 5.09. The van der Waals surface area contributed by atoms with Gasteiger partial charge in [-0.25, -0.2) is 0 Å². The largest absolute Gasteiger partial charge is 0.433 e. The number of fused-ring (bicyclic) bond motifs is 2. The second kappa shape index (κ2) is 10.8. The number of aliphatic hydroxyl groups excluding tert-OH is 2. The molecule has 2 atom stereocenters. The van der Waals surface area contributed by atoms with Gasteiger partial charge in [-0.2, -0.15) is 13.2 Å². The normalized spacial score (nSPS) is 22.7. The Labute approximate surface area is 220 Å². The maximum atomic E-state index is 13.3. The molecule has 3 aliphatic rings. The van der Waals surface area contributed by atoms with E-state index >= 15 is 0 Å². The van der Waals surface area contributed by atoms with Crippen LogP contribution < -0.4 is 0 Å². The molecule has 0 bridgehead atoms. The van der Waals surface area contributed by atoms with Gasteiger partial charge >= 0.3 is 6.18 Å². The lowest BCUT2D eigenvalue weighted by Gasteiger charge is -2.36. The maximum absolute atomic E-state index is 13.3. The number of aliphatic hydroxyl groups is 2. The first kappa shape index (κ1) is 27.5. The Balaban J connectivity index is 1.75. The molecule has 1 spiro atoms. The van der Waals surface area contributed by atoms with E-state index in [4.69, 9.17) is 19.2 Å². The topological polar surface area (TPSA) is 93.9 Å². The van der Waals surface area contributed by atoms with Crippen molar-refractivity contribution in [2.75, 3.05) is 26.4 Å². The van der Waals surface area contributed by atoms with Crippen molar-refractivity contribution in [2.45, 2.75) is 82.5 Å². The summed E-state index contributed by atoms with van der Waals surface area (Å²) < 4.78 is 57.9. The van der Waals surface area contributed by atoms with Crippen LogP contribution in [-0.4, -0.2) is 46.6 Å². The van der Waals surface area contributed by atoms with E-state index in [9.17, 15) is 23.4 Å². The van der Waals surface area contributed by atoms with Gasteiger partial charge in [0.25, 0.3) is 0 Å². The van der Waals surface area contributed by atoms with Crippen LogP contribution in [0, 0.1) is 5.92 Å². The highest BCUT2D eigenvalue weighted by molar-refractivity contribution is 5.53. The fourth-order valence-corrected chi connectivity index (χ4v) is 6.14. The number of rotatable bonds is 6. The predicted molar refractivity (Wildman–Crippen MR) is 131 cm³/mol. The summed E-state index contributed by atoms with van der Waals surface area (Å²) in [5, 5.41) is 21.9. The molecule has 208 valence electrons. The maximum Gasteiger partial charge on any atom is 0.433 e. The van der Waals surface area contributed by atoms with Gasteiger partial charge in [0.15, 0.2) is 0 Å². The van der Waals surface area contributed by atoms with Crippen molar-refractivity contribution in [1.82, 2.24) is 9.97 Å². The molecule has 0 aliphatic carbocycles. The van der Waals surface area contributed by atoms with Crippen molar-refractivity contribution >= 4 is 0 Å². The molecule has 5 rings (SSSR count). The quantitative estimate of drug-likeness (QED) is 0.531. The van der Waals surface area contributed by atoms with E-state index in [1.165, 1.54) is 12.3 Å². The van der Waals surface area contributed by atoms with Gasteiger partial charge in [-0.05, 0) is 36.8 Å². The minimum absolute atomic E-state index is 0.0302. The SMILES string of the molecule is CC(C)CC(O)c1c(CO)nc(C2CCOCC2)c2c1C1(CCOCC1)OC2c1ccc(C(F)(F)F)nc1. The smallest absolute Gasteiger partial charge is 0.390 e. The molecule has 0 saturated carbocycles. The summed E-state index contributed by atoms with van der Waals surface area (Å²) in [6, 6.07) is 2.39. The van der Waals surface area contributed by atoms with Crippen LogP contribution in [0.15, 0.2) is 18.3 Å². The number of nitrogens with zero attached hydrogens (tertiary/aromatic N) is 2. The molecule has 2 unspecified atom stereocenters. The van der Waals surface area contributed by atoms with Crippen LogP contribution in [0.1, 0.15) is 103 Å². The van der Waals surface area contributed by atoms with E-state index in [-0.39, 0.29) is 18.4 Å². The first-order chi connectivity index (χ1) is 18.1. The van der Waals surface area contributed by atoms with Gasteiger partial charge in [-0.1, -0.05) is 19.9 Å². The van der Waals surface area contributed by atoms with Crippen molar-refractivity contribution in [3.63, 3.8) is 0 Å². The minimum atomic E-state index is -4.55. The summed E-state index contributed by atoms with van der Waals surface area (Å²) >= 11 is 0. The molecule has 0 amide bonds. The summed E-state index contributed by atoms with van der Waals surface area (Å²) in [6.07, 6.45) is -1.94. The zero-order valence-corrected chi connectivity index (χ0v) is 21.8. The zero-order valence-electron chi connectivity index (χ0n) is 21.8. The monoisotopic (exact) mass is 536 g/mol. The highest BCUT2D eigenvalue weighted by atomic mass is 19.4. The van der Waals surface area contributed by atoms with E-state index in [2.05, 4.69) is 4.98 Å². The third kappa shape index (κ3) is 5.09. The van der Waals surface area contributed by atoms with Gasteiger partial charge in [0, 0.05) is 68.1 Å². The van der Waals surface area contributed by atoms with Crippen molar-refractivity contribution in [2.24, 2.45) is 5.92 Å². The first-order valence-corrected chi connectivity index (χ1v) is 13.4. The van der Waals surface area contributed by atoms with E-state index in [0.29, 0.717) is 62.5 Å². The average molecular weight is 537 g/mol. The first-order valence-electron chi connectivity index (χ1n) is 13.4. The summed E-state index contributed by atoms with van der Waals surface area (Å²) in [5.41, 5.74) is 2.10. The fourth-order valence-electron chi connectivity index (χ4n) is 6.14. The molecule has 3 aliphatic heterocycles. The molecule has 0 radical (unpaired) electrons. The number of ether oxygens (including phenoxy) is 3. The Morgan fingerprint density at radius 2 is 1.76 bits per heavy atom. The van der Waals surface area contributed by atoms with Crippen LogP contribution in [-0.2, 0) is 32.6 Å². The number of hydrogen-bond acceptors (Lipinski definition) is 7. The summed E-state index contributed by atoms with van der Waals surface area (Å²) in [6.45, 7) is 5.72. The van der Waals surface area contributed by atoms with Crippen LogP contribution >= 0.6 is 0 Å². The molecule has 10 heteroatoms. The third-order valence-corrected chi connectivity index (χ3v) is 7.91. The van der Waals surface area contributed by atoms with Crippen LogP contribution in [0.3, 0.4) is 0 Å². The molecular formula is C28H35F3N2O5. The number of halogens is 3. The number of pyridine rings is 2. The molecule has 7 nitrogen and oxygen atoms in total. The van der Waals surface area contributed by atoms with Crippen LogP contribution in [0.4, 0.5) is 13.2 Å². The highest BCUT2D eigenvalue weighted by Gasteiger charge is 2.51. The molecule has 5 heterocycles. The number of alkyl halides is 3. The van der Waals surface area contributed by atoms with Crippen molar-refractivity contribution in [1.29, 1.82) is 0 Å². The van der Waals surface area contributed by atoms with E-state index < -0.39 is 29.7 Å². The molecule has 2 N–H and O–H groups in total. The zero-order chi connectivity index (χ0) is 27.1. The highest BCUT2D eigenvalue weighted by Crippen LogP contribution is 2.56. The molecule has 2 saturated heterocycles. The standard InChI is InChI=1S/C28H35F3N2O5/c1-16(2)13-20(35)22-19(15-34)33-25(17-5-9-36-10-6-17)23-24(22)27(7-11-37-12-8-27)38-26(23)18-3-4-21(32-14-18)28(29,30)31/h3-4,14,16-17,20,26,34-35H,5-13,15H2,1-2H3. The Hall–Kier alpha value is -2.11. The molecule has 2 aromatic rings. The lowest BCUT2D eigenvalue weighted by atomic mass is 9.76. The summed E-state index contributed by atoms with van der Waals surface area (Å²) in [7, 11) is 0. The van der Waals surface area contributed by atoms with Gasteiger partial charge < -0.3 is 24.4 Å². The van der Waals surface area contributed by atoms with E-state index in [1.54, 1.807) is 0 Å². The van der Waals surface area contributed by atoms with Crippen molar-refractivity contribution in [3.05, 3.63) is 57.7 Å². The van der Waals surface area contributed by atoms with Crippen LogP contribution in [0.2, 0.25) is 0 Å². The molecule has 2 fully saturated rings. The van der Waals surface area contributed by atoms with Crippen molar-refractivity contribution < 1.29 is 37.6 Å². The van der Waals surface area contributed by atoms with Crippen molar-refractivity contribution in [3.8, 4) is 0 Å². The van der Waals surface area contributed by atoms with Gasteiger partial charge in [0.1, 0.15) is 11.8 Å². The lowest BCUT2D eigenvalue weighted by molar-refractivity contribution is -0.141. The van der Waals surface area contributed by atoms with Gasteiger partial charge in [-0.3, -0.25) is 9.97 Å². The Kier molecular flexibility index (Phi) is 7.81. The molecule has 0 aromatic carbocycles. The molecule has 2 aromatic heterocycles. The fraction of sp³-hybridized carbons (Fsp3) is 0.643.